The molecule has 0 saturated heterocycles. The van der Waals surface area contributed by atoms with Gasteiger partial charge in [0.1, 0.15) is 24.0 Å². The molecule has 2 rings (SSSR count). The lowest BCUT2D eigenvalue weighted by Gasteiger charge is -2.05. The van der Waals surface area contributed by atoms with Gasteiger partial charge < -0.3 is 0 Å². The predicted molar refractivity (Wildman–Crippen MR) is 67.0 cm³/mol. The smallest absolute Gasteiger partial charge is 0.150 e. The SMILES string of the molecule is N#Cc1cc(C=O)ccc1Sc1ccc(F)cc1F. The third-order valence-electron chi connectivity index (χ3n) is 2.37. The Bertz CT molecular complexity index is 680. The van der Waals surface area contributed by atoms with E-state index in [1.165, 1.54) is 18.2 Å². The Kier molecular flexibility index (Phi) is 3.93. The van der Waals surface area contributed by atoms with Crippen molar-refractivity contribution in [3.8, 4) is 6.07 Å². The van der Waals surface area contributed by atoms with E-state index in [1.54, 1.807) is 6.07 Å². The van der Waals surface area contributed by atoms with Gasteiger partial charge in [-0.3, -0.25) is 4.79 Å². The molecule has 0 unspecified atom stereocenters. The number of benzene rings is 2. The molecule has 0 heterocycles. The molecule has 0 spiro atoms. The number of hydrogen-bond donors (Lipinski definition) is 0. The van der Waals surface area contributed by atoms with E-state index < -0.39 is 11.6 Å². The zero-order valence-electron chi connectivity index (χ0n) is 9.56. The Labute approximate surface area is 112 Å². The molecule has 2 aromatic rings. The number of carbonyl (C=O) groups is 1. The molecule has 0 radical (unpaired) electrons. The van der Waals surface area contributed by atoms with E-state index in [0.29, 0.717) is 16.7 Å². The van der Waals surface area contributed by atoms with Crippen molar-refractivity contribution in [2.45, 2.75) is 9.79 Å². The van der Waals surface area contributed by atoms with E-state index >= 15 is 0 Å². The standard InChI is InChI=1S/C14H7F2NOS/c15-11-2-4-14(12(16)6-11)19-13-3-1-9(8-18)5-10(13)7-17/h1-6,8H. The molecule has 19 heavy (non-hydrogen) atoms. The molecule has 2 nitrogen and oxygen atoms in total. The molecule has 0 atom stereocenters. The summed E-state index contributed by atoms with van der Waals surface area (Å²) in [7, 11) is 0. The minimum Gasteiger partial charge on any atom is -0.298 e. The number of hydrogen-bond acceptors (Lipinski definition) is 3. The van der Waals surface area contributed by atoms with Crippen LogP contribution in [0.5, 0.6) is 0 Å². The van der Waals surface area contributed by atoms with Gasteiger partial charge in [0.05, 0.1) is 5.56 Å². The molecule has 0 amide bonds. The number of halogens is 2. The quantitative estimate of drug-likeness (QED) is 0.800. The molecule has 0 aliphatic rings. The number of aldehydes is 1. The first kappa shape index (κ1) is 13.2. The highest BCUT2D eigenvalue weighted by molar-refractivity contribution is 7.99. The molecular formula is C14H7F2NOS. The molecule has 0 aliphatic carbocycles. The second kappa shape index (κ2) is 5.63. The Morgan fingerprint density at radius 3 is 2.47 bits per heavy atom. The van der Waals surface area contributed by atoms with Gasteiger partial charge in [-0.1, -0.05) is 17.8 Å². The minimum absolute atomic E-state index is 0.219. The molecule has 0 fully saturated rings. The monoisotopic (exact) mass is 275 g/mol. The Hall–Kier alpha value is -2.19. The van der Waals surface area contributed by atoms with Crippen LogP contribution in [0.1, 0.15) is 15.9 Å². The first-order valence-corrected chi connectivity index (χ1v) is 6.08. The van der Waals surface area contributed by atoms with Gasteiger partial charge in [0.2, 0.25) is 0 Å². The van der Waals surface area contributed by atoms with Crippen LogP contribution in [0, 0.1) is 23.0 Å². The van der Waals surface area contributed by atoms with Crippen molar-refractivity contribution in [3.05, 3.63) is 59.2 Å². The third-order valence-corrected chi connectivity index (χ3v) is 3.50. The van der Waals surface area contributed by atoms with Gasteiger partial charge >= 0.3 is 0 Å². The summed E-state index contributed by atoms with van der Waals surface area (Å²) in [5.74, 6) is -1.34. The van der Waals surface area contributed by atoms with Crippen LogP contribution in [-0.4, -0.2) is 6.29 Å². The lowest BCUT2D eigenvalue weighted by Crippen LogP contribution is -1.88. The molecule has 0 N–H and O–H groups in total. The van der Waals surface area contributed by atoms with Gasteiger partial charge in [0.25, 0.3) is 0 Å². The Morgan fingerprint density at radius 1 is 1.11 bits per heavy atom. The van der Waals surface area contributed by atoms with Crippen molar-refractivity contribution in [1.82, 2.24) is 0 Å². The number of rotatable bonds is 3. The van der Waals surface area contributed by atoms with Crippen molar-refractivity contribution in [1.29, 1.82) is 5.26 Å². The van der Waals surface area contributed by atoms with Crippen LogP contribution >= 0.6 is 11.8 Å². The Morgan fingerprint density at radius 2 is 1.84 bits per heavy atom. The van der Waals surface area contributed by atoms with Crippen LogP contribution in [0.3, 0.4) is 0 Å². The first-order chi connectivity index (χ1) is 9.13. The fourth-order valence-corrected chi connectivity index (χ4v) is 2.35. The molecular weight excluding hydrogens is 268 g/mol. The van der Waals surface area contributed by atoms with Crippen LogP contribution < -0.4 is 0 Å². The maximum atomic E-state index is 13.5. The largest absolute Gasteiger partial charge is 0.298 e. The second-order valence-electron chi connectivity index (χ2n) is 3.66. The summed E-state index contributed by atoms with van der Waals surface area (Å²) >= 11 is 1.01. The fraction of sp³-hybridized carbons (Fsp3) is 0. The highest BCUT2D eigenvalue weighted by Crippen LogP contribution is 2.32. The van der Waals surface area contributed by atoms with E-state index in [9.17, 15) is 13.6 Å². The summed E-state index contributed by atoms with van der Waals surface area (Å²) in [5, 5.41) is 9.00. The summed E-state index contributed by atoms with van der Waals surface area (Å²) in [4.78, 5) is 11.3. The maximum absolute atomic E-state index is 13.5. The van der Waals surface area contributed by atoms with Crippen LogP contribution in [0.25, 0.3) is 0 Å². The van der Waals surface area contributed by atoms with Gasteiger partial charge in [-0.25, -0.2) is 8.78 Å². The summed E-state index contributed by atoms with van der Waals surface area (Å²) < 4.78 is 26.3. The maximum Gasteiger partial charge on any atom is 0.150 e. The molecule has 0 bridgehead atoms. The van der Waals surface area contributed by atoms with E-state index in [2.05, 4.69) is 0 Å². The average Bonchev–Trinajstić information content (AvgIpc) is 2.42. The highest BCUT2D eigenvalue weighted by atomic mass is 32.2. The topological polar surface area (TPSA) is 40.9 Å². The van der Waals surface area contributed by atoms with Gasteiger partial charge in [-0.05, 0) is 24.3 Å². The van der Waals surface area contributed by atoms with E-state index in [4.69, 9.17) is 5.26 Å². The zero-order chi connectivity index (χ0) is 13.8. The summed E-state index contributed by atoms with van der Waals surface area (Å²) in [5.41, 5.74) is 0.652. The Balaban J connectivity index is 2.38. The summed E-state index contributed by atoms with van der Waals surface area (Å²) in [6, 6.07) is 9.72. The van der Waals surface area contributed by atoms with Crippen LogP contribution in [-0.2, 0) is 0 Å². The summed E-state index contributed by atoms with van der Waals surface area (Å²) in [6.45, 7) is 0. The van der Waals surface area contributed by atoms with Crippen molar-refractivity contribution in [3.63, 3.8) is 0 Å². The minimum atomic E-state index is -0.687. The van der Waals surface area contributed by atoms with Crippen molar-refractivity contribution in [2.24, 2.45) is 0 Å². The van der Waals surface area contributed by atoms with Crippen molar-refractivity contribution >= 4 is 18.0 Å². The zero-order valence-corrected chi connectivity index (χ0v) is 10.4. The van der Waals surface area contributed by atoms with Gasteiger partial charge in [-0.2, -0.15) is 5.26 Å². The van der Waals surface area contributed by atoms with Gasteiger partial charge in [0.15, 0.2) is 0 Å². The lowest BCUT2D eigenvalue weighted by molar-refractivity contribution is 0.112. The second-order valence-corrected chi connectivity index (χ2v) is 4.75. The normalized spacial score (nSPS) is 9.95. The van der Waals surface area contributed by atoms with Crippen LogP contribution in [0.15, 0.2) is 46.2 Å². The predicted octanol–water partition coefficient (Wildman–Crippen LogP) is 3.80. The van der Waals surface area contributed by atoms with E-state index in [-0.39, 0.29) is 10.5 Å². The fourth-order valence-electron chi connectivity index (χ4n) is 1.47. The number of carbonyl (C=O) groups excluding carboxylic acids is 1. The highest BCUT2D eigenvalue weighted by Gasteiger charge is 2.09. The molecule has 5 heteroatoms. The lowest BCUT2D eigenvalue weighted by atomic mass is 10.1. The third kappa shape index (κ3) is 2.98. The molecule has 0 saturated carbocycles. The average molecular weight is 275 g/mol. The van der Waals surface area contributed by atoms with Crippen molar-refractivity contribution < 1.29 is 13.6 Å². The van der Waals surface area contributed by atoms with E-state index in [1.807, 2.05) is 6.07 Å². The molecule has 2 aromatic carbocycles. The molecule has 94 valence electrons. The summed E-state index contributed by atoms with van der Waals surface area (Å²) in [6.07, 6.45) is 0.633. The van der Waals surface area contributed by atoms with Crippen molar-refractivity contribution in [2.75, 3.05) is 0 Å². The molecule has 0 aromatic heterocycles. The van der Waals surface area contributed by atoms with Gasteiger partial charge in [-0.15, -0.1) is 0 Å². The van der Waals surface area contributed by atoms with Crippen LogP contribution in [0.2, 0.25) is 0 Å². The number of nitriles is 1. The van der Waals surface area contributed by atoms with E-state index in [0.717, 1.165) is 23.9 Å². The first-order valence-electron chi connectivity index (χ1n) is 5.26. The van der Waals surface area contributed by atoms with Crippen LogP contribution in [0.4, 0.5) is 8.78 Å². The number of nitrogens with zero attached hydrogens (tertiary/aromatic N) is 1. The molecule has 0 aliphatic heterocycles. The van der Waals surface area contributed by atoms with Gasteiger partial charge in [0, 0.05) is 21.4 Å².